The van der Waals surface area contributed by atoms with E-state index in [1.807, 2.05) is 0 Å². The molecule has 0 spiro atoms. The number of benzene rings is 3. The molecule has 1 saturated carbocycles. The first-order valence-corrected chi connectivity index (χ1v) is 12.2. The first-order chi connectivity index (χ1) is 15.9. The van der Waals surface area contributed by atoms with Gasteiger partial charge in [-0.2, -0.15) is 0 Å². The van der Waals surface area contributed by atoms with Crippen molar-refractivity contribution in [1.82, 2.24) is 0 Å². The van der Waals surface area contributed by atoms with Crippen molar-refractivity contribution in [2.75, 3.05) is 9.80 Å². The van der Waals surface area contributed by atoms with Crippen LogP contribution in [0, 0.1) is 0 Å². The van der Waals surface area contributed by atoms with Gasteiger partial charge in [0.15, 0.2) is 0 Å². The topological polar surface area (TPSA) is 70.1 Å². The maximum atomic E-state index is 13.7. The van der Waals surface area contributed by atoms with E-state index in [4.69, 9.17) is 4.74 Å². The third-order valence-corrected chi connectivity index (χ3v) is 7.05. The van der Waals surface area contributed by atoms with Gasteiger partial charge in [-0.25, -0.2) is 9.69 Å². The fourth-order valence-electron chi connectivity index (χ4n) is 3.98. The van der Waals surface area contributed by atoms with Crippen molar-refractivity contribution in [2.24, 2.45) is 0 Å². The molecule has 168 valence electrons. The number of nitrogens with zero attached hydrogens (tertiary/aromatic N) is 2. The number of urea groups is 1. The summed E-state index contributed by atoms with van der Waals surface area (Å²) in [5, 5.41) is 11.9. The molecule has 1 unspecified atom stereocenters. The molecule has 8 heteroatoms. The second-order valence-corrected chi connectivity index (χ2v) is 9.91. The number of ether oxygens (including phenoxy) is 1. The SMILES string of the molecule is O=C1N(c2ccc(Br)cc2)C(=O)C(O)(c2ccc(OC3CCC3)cc2)N1c1ccc(Br)cc1. The van der Waals surface area contributed by atoms with E-state index >= 15 is 0 Å². The first kappa shape index (κ1) is 22.1. The molecule has 1 saturated heterocycles. The predicted octanol–water partition coefficient (Wildman–Crippen LogP) is 5.96. The maximum Gasteiger partial charge on any atom is 0.339 e. The van der Waals surface area contributed by atoms with Gasteiger partial charge in [0, 0.05) is 20.2 Å². The summed E-state index contributed by atoms with van der Waals surface area (Å²) >= 11 is 6.75. The van der Waals surface area contributed by atoms with Crippen LogP contribution >= 0.6 is 31.9 Å². The molecule has 1 atom stereocenters. The van der Waals surface area contributed by atoms with Gasteiger partial charge < -0.3 is 9.84 Å². The molecular weight excluding hydrogens is 552 g/mol. The molecule has 1 N–H and O–H groups in total. The zero-order valence-corrected chi connectivity index (χ0v) is 20.6. The Bertz CT molecular complexity index is 1190. The number of aliphatic hydroxyl groups is 1. The summed E-state index contributed by atoms with van der Waals surface area (Å²) in [6, 6.07) is 19.7. The Morgan fingerprint density at radius 3 is 1.88 bits per heavy atom. The average molecular weight is 572 g/mol. The molecule has 1 aliphatic carbocycles. The minimum Gasteiger partial charge on any atom is -0.490 e. The van der Waals surface area contributed by atoms with E-state index in [-0.39, 0.29) is 11.7 Å². The minimum atomic E-state index is -2.22. The van der Waals surface area contributed by atoms with E-state index in [0.717, 1.165) is 38.0 Å². The molecule has 5 rings (SSSR count). The molecule has 33 heavy (non-hydrogen) atoms. The fourth-order valence-corrected chi connectivity index (χ4v) is 4.51. The number of rotatable bonds is 5. The van der Waals surface area contributed by atoms with Crippen LogP contribution in [0.4, 0.5) is 16.2 Å². The minimum absolute atomic E-state index is 0.209. The lowest BCUT2D eigenvalue weighted by atomic mass is 9.96. The molecule has 2 fully saturated rings. The Morgan fingerprint density at radius 2 is 1.36 bits per heavy atom. The van der Waals surface area contributed by atoms with E-state index in [0.29, 0.717) is 17.1 Å². The highest BCUT2D eigenvalue weighted by molar-refractivity contribution is 9.10. The highest BCUT2D eigenvalue weighted by Gasteiger charge is 2.59. The summed E-state index contributed by atoms with van der Waals surface area (Å²) in [6.45, 7) is 0. The maximum absolute atomic E-state index is 13.7. The summed E-state index contributed by atoms with van der Waals surface area (Å²) in [4.78, 5) is 29.3. The van der Waals surface area contributed by atoms with Crippen molar-refractivity contribution in [3.05, 3.63) is 87.3 Å². The normalized spacial score (nSPS) is 20.8. The number of carbonyl (C=O) groups excluding carboxylic acids is 2. The van der Waals surface area contributed by atoms with Gasteiger partial charge in [0.05, 0.1) is 11.8 Å². The number of hydrogen-bond acceptors (Lipinski definition) is 4. The molecule has 3 amide bonds. The predicted molar refractivity (Wildman–Crippen MR) is 132 cm³/mol. The van der Waals surface area contributed by atoms with Gasteiger partial charge in [0.2, 0.25) is 0 Å². The van der Waals surface area contributed by atoms with Crippen LogP contribution in [0.15, 0.2) is 81.7 Å². The second kappa shape index (κ2) is 8.59. The molecule has 3 aromatic carbocycles. The van der Waals surface area contributed by atoms with Gasteiger partial charge in [-0.3, -0.25) is 9.69 Å². The van der Waals surface area contributed by atoms with Crippen LogP contribution in [0.3, 0.4) is 0 Å². The standard InChI is InChI=1S/C25H20Br2N2O4/c26-17-6-10-19(11-7-17)28-23(30)25(32,29(24(28)31)20-12-8-18(27)9-13-20)16-4-14-22(15-5-16)33-21-2-1-3-21/h4-15,21,32H,1-3H2. The third-order valence-electron chi connectivity index (χ3n) is 5.99. The second-order valence-electron chi connectivity index (χ2n) is 8.08. The van der Waals surface area contributed by atoms with Crippen LogP contribution in [0.5, 0.6) is 5.75 Å². The number of amides is 3. The molecule has 0 radical (unpaired) electrons. The molecule has 2 aliphatic rings. The van der Waals surface area contributed by atoms with Crippen molar-refractivity contribution < 1.29 is 19.4 Å². The molecule has 0 aromatic heterocycles. The molecule has 1 aliphatic heterocycles. The molecule has 1 heterocycles. The van der Waals surface area contributed by atoms with E-state index < -0.39 is 17.7 Å². The van der Waals surface area contributed by atoms with Gasteiger partial charge in [-0.15, -0.1) is 0 Å². The van der Waals surface area contributed by atoms with E-state index in [2.05, 4.69) is 31.9 Å². The zero-order valence-electron chi connectivity index (χ0n) is 17.4. The highest BCUT2D eigenvalue weighted by atomic mass is 79.9. The Labute approximate surface area is 208 Å². The number of hydrogen-bond donors (Lipinski definition) is 1. The van der Waals surface area contributed by atoms with Crippen LogP contribution in [0.25, 0.3) is 0 Å². The Balaban J connectivity index is 1.58. The van der Waals surface area contributed by atoms with Crippen LogP contribution in [-0.4, -0.2) is 23.1 Å². The van der Waals surface area contributed by atoms with E-state index in [1.165, 1.54) is 0 Å². The lowest BCUT2D eigenvalue weighted by Gasteiger charge is -2.31. The average Bonchev–Trinajstić information content (AvgIpc) is 2.99. The summed E-state index contributed by atoms with van der Waals surface area (Å²) < 4.78 is 7.54. The van der Waals surface area contributed by atoms with Gasteiger partial charge in [-0.05, 0) is 92.1 Å². The fraction of sp³-hybridized carbons (Fsp3) is 0.200. The van der Waals surface area contributed by atoms with Crippen LogP contribution in [0.1, 0.15) is 24.8 Å². The first-order valence-electron chi connectivity index (χ1n) is 10.6. The van der Waals surface area contributed by atoms with E-state index in [9.17, 15) is 14.7 Å². The van der Waals surface area contributed by atoms with Crippen molar-refractivity contribution in [1.29, 1.82) is 0 Å². The summed E-state index contributed by atoms with van der Waals surface area (Å²) in [7, 11) is 0. The van der Waals surface area contributed by atoms with Gasteiger partial charge in [0.25, 0.3) is 11.6 Å². The van der Waals surface area contributed by atoms with Crippen molar-refractivity contribution in [3.63, 3.8) is 0 Å². The van der Waals surface area contributed by atoms with Crippen molar-refractivity contribution in [2.45, 2.75) is 31.1 Å². The van der Waals surface area contributed by atoms with Crippen LogP contribution in [-0.2, 0) is 10.5 Å². The zero-order chi connectivity index (χ0) is 23.2. The molecule has 6 nitrogen and oxygen atoms in total. The molecule has 3 aromatic rings. The third kappa shape index (κ3) is 3.86. The Kier molecular flexibility index (Phi) is 5.76. The summed E-state index contributed by atoms with van der Waals surface area (Å²) in [5.74, 6) is -0.0748. The summed E-state index contributed by atoms with van der Waals surface area (Å²) in [6.07, 6.45) is 3.42. The Hall–Kier alpha value is -2.68. The Morgan fingerprint density at radius 1 is 0.818 bits per heavy atom. The van der Waals surface area contributed by atoms with Crippen LogP contribution in [0.2, 0.25) is 0 Å². The number of carbonyl (C=O) groups is 2. The molecule has 0 bridgehead atoms. The van der Waals surface area contributed by atoms with Gasteiger partial charge in [0.1, 0.15) is 5.75 Å². The number of anilines is 2. The smallest absolute Gasteiger partial charge is 0.339 e. The van der Waals surface area contributed by atoms with Gasteiger partial charge >= 0.3 is 6.03 Å². The quantitative estimate of drug-likeness (QED) is 0.384. The lowest BCUT2D eigenvalue weighted by molar-refractivity contribution is -0.133. The number of halogens is 2. The lowest BCUT2D eigenvalue weighted by Crippen LogP contribution is -2.47. The highest BCUT2D eigenvalue weighted by Crippen LogP contribution is 2.42. The molecular formula is C25H20Br2N2O4. The van der Waals surface area contributed by atoms with Crippen molar-refractivity contribution in [3.8, 4) is 5.75 Å². The van der Waals surface area contributed by atoms with Crippen LogP contribution < -0.4 is 14.5 Å². The van der Waals surface area contributed by atoms with Gasteiger partial charge in [-0.1, -0.05) is 31.9 Å². The van der Waals surface area contributed by atoms with E-state index in [1.54, 1.807) is 72.8 Å². The van der Waals surface area contributed by atoms with Crippen molar-refractivity contribution >= 4 is 55.2 Å². The summed E-state index contributed by atoms with van der Waals surface area (Å²) in [5.41, 5.74) is -1.17. The largest absolute Gasteiger partial charge is 0.490 e. The monoisotopic (exact) mass is 570 g/mol. The number of imide groups is 1.